The number of allylic oxidation sites excluding steroid dienone is 2. The lowest BCUT2D eigenvalue weighted by Crippen LogP contribution is -2.42. The number of carboxylic acids is 1. The van der Waals surface area contributed by atoms with Crippen LogP contribution in [0.1, 0.15) is 82.3 Å². The highest BCUT2D eigenvalue weighted by Crippen LogP contribution is 2.44. The fourth-order valence-corrected chi connectivity index (χ4v) is 6.46. The van der Waals surface area contributed by atoms with E-state index in [-0.39, 0.29) is 41.5 Å². The average molecular weight is 667 g/mol. The number of ether oxygens (including phenoxy) is 2. The van der Waals surface area contributed by atoms with E-state index in [1.54, 1.807) is 31.3 Å². The molecule has 0 spiro atoms. The number of likely N-dealkylation sites (N-methyl/N-ethyl adjacent to an activating group) is 1. The number of ketones is 1. The van der Waals surface area contributed by atoms with Crippen molar-refractivity contribution >= 4 is 23.4 Å². The van der Waals surface area contributed by atoms with Gasteiger partial charge in [0.25, 0.3) is 0 Å². The number of carbonyl (C=O) groups excluding carboxylic acids is 1. The second-order valence-electron chi connectivity index (χ2n) is 12.9. The van der Waals surface area contributed by atoms with E-state index in [0.29, 0.717) is 55.8 Å². The van der Waals surface area contributed by atoms with Crippen LogP contribution in [0.15, 0.2) is 47.5 Å². The summed E-state index contributed by atoms with van der Waals surface area (Å²) in [6.45, 7) is 2.70. The molecule has 3 atom stereocenters. The largest absolute Gasteiger partial charge is 0.504 e. The van der Waals surface area contributed by atoms with Gasteiger partial charge in [0.2, 0.25) is 0 Å². The zero-order valence-electron chi connectivity index (χ0n) is 28.9. The summed E-state index contributed by atoms with van der Waals surface area (Å²) in [7, 11) is 4.91. The standard InChI is InChI=1S/C37H54N4O7/c1-5-6-7-8-25(9-13-29(42)14-10-26-11-15-31(43)32(21-26)47-4)19-28-20-30(41-36(38)40-3)35(46)33(22-28)48-37(24-39-2)18-17-27(23-37)12-16-34(44)45/h9,11,13,15,20-22,25,27,39,43,46H,5-8,10,12,14,16-19,23-24H2,1-4H3,(H,44,45)(H3,38,40,41). The van der Waals surface area contributed by atoms with Crippen molar-refractivity contribution in [3.63, 3.8) is 0 Å². The summed E-state index contributed by atoms with van der Waals surface area (Å²) in [5.41, 5.74) is 7.59. The van der Waals surface area contributed by atoms with Crippen LogP contribution in [-0.2, 0) is 22.4 Å². The molecule has 11 nitrogen and oxygen atoms in total. The van der Waals surface area contributed by atoms with Gasteiger partial charge in [-0.1, -0.05) is 38.3 Å². The number of hydrogen-bond donors (Lipinski definition) is 6. The average Bonchev–Trinajstić information content (AvgIpc) is 3.46. The van der Waals surface area contributed by atoms with Gasteiger partial charge in [-0.25, -0.2) is 0 Å². The van der Waals surface area contributed by atoms with Crippen molar-refractivity contribution in [2.45, 2.75) is 89.6 Å². The summed E-state index contributed by atoms with van der Waals surface area (Å²) in [6, 6.07) is 8.81. The van der Waals surface area contributed by atoms with Crippen LogP contribution in [0, 0.1) is 11.8 Å². The van der Waals surface area contributed by atoms with E-state index in [4.69, 9.17) is 15.2 Å². The van der Waals surface area contributed by atoms with Crippen LogP contribution in [0.4, 0.5) is 5.69 Å². The molecule has 0 aliphatic heterocycles. The van der Waals surface area contributed by atoms with Gasteiger partial charge in [-0.2, -0.15) is 0 Å². The number of aliphatic carboxylic acids is 1. The predicted octanol–water partition coefficient (Wildman–Crippen LogP) is 5.96. The molecule has 3 rings (SSSR count). The van der Waals surface area contributed by atoms with Crippen LogP contribution in [0.25, 0.3) is 0 Å². The van der Waals surface area contributed by atoms with Crippen LogP contribution in [0.3, 0.4) is 0 Å². The van der Waals surface area contributed by atoms with Crippen molar-refractivity contribution in [3.05, 3.63) is 53.6 Å². The molecule has 1 fully saturated rings. The number of aliphatic imine (C=N–C) groups is 1. The van der Waals surface area contributed by atoms with E-state index in [9.17, 15) is 24.9 Å². The third-order valence-electron chi connectivity index (χ3n) is 9.03. The summed E-state index contributed by atoms with van der Waals surface area (Å²) in [6.07, 6.45) is 12.1. The molecule has 1 aliphatic carbocycles. The minimum absolute atomic E-state index is 0.0132. The number of methoxy groups -OCH3 is 1. The number of unbranched alkanes of at least 4 members (excludes halogenated alkanes) is 2. The van der Waals surface area contributed by atoms with Crippen molar-refractivity contribution in [1.82, 2.24) is 5.32 Å². The third-order valence-corrected chi connectivity index (χ3v) is 9.03. The van der Waals surface area contributed by atoms with Crippen LogP contribution < -0.4 is 25.8 Å². The normalized spacial score (nSPS) is 18.6. The lowest BCUT2D eigenvalue weighted by atomic mass is 9.92. The van der Waals surface area contributed by atoms with Crippen molar-refractivity contribution < 1.29 is 34.4 Å². The molecule has 0 bridgehead atoms. The van der Waals surface area contributed by atoms with Gasteiger partial charge in [-0.15, -0.1) is 0 Å². The number of benzene rings is 2. The topological polar surface area (TPSA) is 176 Å². The fourth-order valence-electron chi connectivity index (χ4n) is 6.46. The van der Waals surface area contributed by atoms with Gasteiger partial charge in [-0.3, -0.25) is 14.6 Å². The number of aryl methyl sites for hydroxylation is 1. The first-order valence-electron chi connectivity index (χ1n) is 17.0. The van der Waals surface area contributed by atoms with E-state index in [1.807, 2.05) is 25.3 Å². The molecule has 48 heavy (non-hydrogen) atoms. The van der Waals surface area contributed by atoms with Gasteiger partial charge < -0.3 is 41.2 Å². The summed E-state index contributed by atoms with van der Waals surface area (Å²) in [5.74, 6) is 0.320. The lowest BCUT2D eigenvalue weighted by Gasteiger charge is -2.32. The molecular weight excluding hydrogens is 612 g/mol. The van der Waals surface area contributed by atoms with Crippen molar-refractivity contribution in [2.75, 3.05) is 33.1 Å². The number of aromatic hydroxyl groups is 2. The van der Waals surface area contributed by atoms with Gasteiger partial charge in [0.1, 0.15) is 5.60 Å². The number of carbonyl (C=O) groups is 2. The number of guanidine groups is 1. The quantitative estimate of drug-likeness (QED) is 0.0325. The maximum Gasteiger partial charge on any atom is 0.303 e. The molecule has 7 N–H and O–H groups in total. The number of phenols is 2. The van der Waals surface area contributed by atoms with Crippen LogP contribution in [-0.4, -0.2) is 66.4 Å². The van der Waals surface area contributed by atoms with Crippen molar-refractivity contribution in [1.29, 1.82) is 0 Å². The Morgan fingerprint density at radius 1 is 1.15 bits per heavy atom. The molecule has 1 aliphatic rings. The molecule has 0 heterocycles. The van der Waals surface area contributed by atoms with E-state index in [1.165, 1.54) is 7.11 Å². The highest BCUT2D eigenvalue weighted by atomic mass is 16.5. The Bertz CT molecular complexity index is 1430. The molecule has 0 amide bonds. The summed E-state index contributed by atoms with van der Waals surface area (Å²) >= 11 is 0. The molecule has 2 aromatic rings. The van der Waals surface area contributed by atoms with Gasteiger partial charge in [0.15, 0.2) is 34.7 Å². The first kappa shape index (κ1) is 38.2. The molecular formula is C37H54N4O7. The Morgan fingerprint density at radius 2 is 1.92 bits per heavy atom. The first-order valence-corrected chi connectivity index (χ1v) is 17.0. The van der Waals surface area contributed by atoms with Crippen molar-refractivity contribution in [2.24, 2.45) is 22.6 Å². The predicted molar refractivity (Wildman–Crippen MR) is 189 cm³/mol. The number of nitrogens with two attached hydrogens (primary N) is 1. The molecule has 3 unspecified atom stereocenters. The number of anilines is 1. The van der Waals surface area contributed by atoms with E-state index < -0.39 is 11.6 Å². The van der Waals surface area contributed by atoms with Gasteiger partial charge in [0, 0.05) is 26.4 Å². The van der Waals surface area contributed by atoms with E-state index >= 15 is 0 Å². The molecule has 11 heteroatoms. The fraction of sp³-hybridized carbons (Fsp3) is 0.541. The number of nitrogens with zero attached hydrogens (tertiary/aromatic N) is 1. The number of phenolic OH excluding ortho intramolecular Hbond substituents is 2. The zero-order chi connectivity index (χ0) is 35.1. The monoisotopic (exact) mass is 666 g/mol. The van der Waals surface area contributed by atoms with Gasteiger partial charge in [0.05, 0.1) is 12.8 Å². The number of nitrogens with one attached hydrogen (secondary N) is 2. The third kappa shape index (κ3) is 11.8. The maximum absolute atomic E-state index is 12.9. The highest BCUT2D eigenvalue weighted by molar-refractivity contribution is 5.94. The number of rotatable bonds is 20. The highest BCUT2D eigenvalue weighted by Gasteiger charge is 2.41. The summed E-state index contributed by atoms with van der Waals surface area (Å²) in [4.78, 5) is 28.1. The maximum atomic E-state index is 12.9. The Hall–Kier alpha value is -4.25. The van der Waals surface area contributed by atoms with E-state index in [2.05, 4.69) is 22.5 Å². The molecule has 1 saturated carbocycles. The lowest BCUT2D eigenvalue weighted by molar-refractivity contribution is -0.137. The molecule has 0 radical (unpaired) electrons. The van der Waals surface area contributed by atoms with Crippen molar-refractivity contribution in [3.8, 4) is 23.0 Å². The second-order valence-corrected chi connectivity index (χ2v) is 12.9. The molecule has 0 saturated heterocycles. The molecule has 0 aromatic heterocycles. The Morgan fingerprint density at radius 3 is 2.60 bits per heavy atom. The second kappa shape index (κ2) is 18.9. The first-order chi connectivity index (χ1) is 23.0. The number of hydrogen-bond acceptors (Lipinski definition) is 8. The van der Waals surface area contributed by atoms with Crippen LogP contribution >= 0.6 is 0 Å². The number of carboxylic acid groups (broad SMARTS) is 1. The Labute approximate surface area is 284 Å². The smallest absolute Gasteiger partial charge is 0.303 e. The minimum atomic E-state index is -0.805. The van der Waals surface area contributed by atoms with Gasteiger partial charge >= 0.3 is 5.97 Å². The minimum Gasteiger partial charge on any atom is -0.504 e. The summed E-state index contributed by atoms with van der Waals surface area (Å²) in [5, 5.41) is 36.6. The van der Waals surface area contributed by atoms with E-state index in [0.717, 1.165) is 49.7 Å². The SMILES string of the molecule is CCCCCC(C=CC(=O)CCc1ccc(O)c(OC)c1)Cc1cc(NC(N)=NC)c(O)c(OC2(CNC)CCC(CCC(=O)O)C2)c1. The zero-order valence-corrected chi connectivity index (χ0v) is 28.9. The molecule has 264 valence electrons. The Kier molecular flexibility index (Phi) is 15.1. The molecule has 2 aromatic carbocycles. The summed E-state index contributed by atoms with van der Waals surface area (Å²) < 4.78 is 11.9. The van der Waals surface area contributed by atoms with Crippen LogP contribution in [0.2, 0.25) is 0 Å². The Balaban J connectivity index is 1.84. The van der Waals surface area contributed by atoms with Crippen LogP contribution in [0.5, 0.6) is 23.0 Å². The van der Waals surface area contributed by atoms with Gasteiger partial charge in [-0.05, 0) is 105 Å².